The summed E-state index contributed by atoms with van der Waals surface area (Å²) in [7, 11) is 3.22. The van der Waals surface area contributed by atoms with E-state index in [1.807, 2.05) is 31.2 Å². The molecular formula is C15H25ClN2O3S. The van der Waals surface area contributed by atoms with Crippen molar-refractivity contribution < 1.29 is 14.3 Å². The smallest absolute Gasteiger partial charge is 0.239 e. The van der Waals surface area contributed by atoms with Crippen LogP contribution in [0.3, 0.4) is 0 Å². The van der Waals surface area contributed by atoms with Crippen LogP contribution < -0.4 is 11.1 Å². The van der Waals surface area contributed by atoms with Crippen molar-refractivity contribution in [2.24, 2.45) is 5.73 Å². The summed E-state index contributed by atoms with van der Waals surface area (Å²) in [6.07, 6.45) is 0. The molecule has 0 fully saturated rings. The summed E-state index contributed by atoms with van der Waals surface area (Å²) >= 11 is 1.74. The SMILES string of the molecule is COCCSc1ccc(C(C)NC(=O)C(N)COC)cc1.Cl. The maximum Gasteiger partial charge on any atom is 0.239 e. The maximum atomic E-state index is 11.8. The van der Waals surface area contributed by atoms with E-state index in [0.717, 1.165) is 17.9 Å². The monoisotopic (exact) mass is 348 g/mol. The number of nitrogens with one attached hydrogen (secondary N) is 1. The third kappa shape index (κ3) is 7.47. The van der Waals surface area contributed by atoms with Crippen LogP contribution in [0.1, 0.15) is 18.5 Å². The minimum absolute atomic E-state index is 0. The Balaban J connectivity index is 0.00000441. The Morgan fingerprint density at radius 3 is 2.45 bits per heavy atom. The maximum absolute atomic E-state index is 11.8. The lowest BCUT2D eigenvalue weighted by atomic mass is 10.1. The highest BCUT2D eigenvalue weighted by Crippen LogP contribution is 2.21. The third-order valence-electron chi connectivity index (χ3n) is 2.98. The van der Waals surface area contributed by atoms with Crippen LogP contribution in [0.25, 0.3) is 0 Å². The van der Waals surface area contributed by atoms with Gasteiger partial charge in [-0.15, -0.1) is 24.2 Å². The second-order valence-corrected chi connectivity index (χ2v) is 5.87. The molecule has 7 heteroatoms. The number of carbonyl (C=O) groups excluding carboxylic acids is 1. The zero-order valence-electron chi connectivity index (χ0n) is 13.2. The second-order valence-electron chi connectivity index (χ2n) is 4.70. The van der Waals surface area contributed by atoms with E-state index in [1.165, 1.54) is 12.0 Å². The van der Waals surface area contributed by atoms with E-state index in [1.54, 1.807) is 18.9 Å². The van der Waals surface area contributed by atoms with Gasteiger partial charge in [0.05, 0.1) is 19.3 Å². The molecule has 0 aliphatic rings. The van der Waals surface area contributed by atoms with Crippen molar-refractivity contribution in [3.05, 3.63) is 29.8 Å². The van der Waals surface area contributed by atoms with E-state index >= 15 is 0 Å². The van der Waals surface area contributed by atoms with Crippen molar-refractivity contribution >= 4 is 30.1 Å². The molecule has 0 radical (unpaired) electrons. The minimum atomic E-state index is -0.638. The topological polar surface area (TPSA) is 73.6 Å². The van der Waals surface area contributed by atoms with Gasteiger partial charge in [-0.1, -0.05) is 12.1 Å². The molecule has 3 N–H and O–H groups in total. The Morgan fingerprint density at radius 2 is 1.91 bits per heavy atom. The number of methoxy groups -OCH3 is 2. The van der Waals surface area contributed by atoms with Crippen LogP contribution >= 0.6 is 24.2 Å². The van der Waals surface area contributed by atoms with Gasteiger partial charge in [-0.2, -0.15) is 0 Å². The first-order chi connectivity index (χ1) is 10.1. The van der Waals surface area contributed by atoms with Gasteiger partial charge < -0.3 is 20.5 Å². The van der Waals surface area contributed by atoms with Crippen molar-refractivity contribution in [1.29, 1.82) is 0 Å². The quantitative estimate of drug-likeness (QED) is 0.527. The summed E-state index contributed by atoms with van der Waals surface area (Å²) in [6, 6.07) is 7.41. The van der Waals surface area contributed by atoms with Crippen LogP contribution in [0.2, 0.25) is 0 Å². The van der Waals surface area contributed by atoms with Crippen molar-refractivity contribution in [3.63, 3.8) is 0 Å². The average Bonchev–Trinajstić information content (AvgIpc) is 2.48. The minimum Gasteiger partial charge on any atom is -0.384 e. The third-order valence-corrected chi connectivity index (χ3v) is 3.95. The number of carbonyl (C=O) groups is 1. The summed E-state index contributed by atoms with van der Waals surface area (Å²) in [5.41, 5.74) is 6.74. The molecule has 5 nitrogen and oxygen atoms in total. The van der Waals surface area contributed by atoms with Crippen LogP contribution in [-0.4, -0.2) is 45.1 Å². The summed E-state index contributed by atoms with van der Waals surface area (Å²) < 4.78 is 9.90. The molecule has 1 aromatic carbocycles. The van der Waals surface area contributed by atoms with E-state index in [-0.39, 0.29) is 31.0 Å². The normalized spacial score (nSPS) is 13.1. The fourth-order valence-corrected chi connectivity index (χ4v) is 2.57. The molecule has 2 unspecified atom stereocenters. The van der Waals surface area contributed by atoms with Crippen molar-refractivity contribution in [2.45, 2.75) is 23.9 Å². The lowest BCUT2D eigenvalue weighted by molar-refractivity contribution is -0.124. The Bertz CT molecular complexity index is 431. The molecule has 0 aliphatic heterocycles. The van der Waals surface area contributed by atoms with Gasteiger partial charge in [-0.05, 0) is 24.6 Å². The zero-order valence-corrected chi connectivity index (χ0v) is 14.8. The van der Waals surface area contributed by atoms with Crippen LogP contribution in [0, 0.1) is 0 Å². The first-order valence-electron chi connectivity index (χ1n) is 6.85. The number of nitrogens with two attached hydrogens (primary N) is 1. The molecule has 0 saturated heterocycles. The molecule has 1 aromatic rings. The van der Waals surface area contributed by atoms with E-state index in [2.05, 4.69) is 5.32 Å². The van der Waals surface area contributed by atoms with Gasteiger partial charge in [-0.25, -0.2) is 0 Å². The molecule has 1 amide bonds. The van der Waals surface area contributed by atoms with Gasteiger partial charge in [-0.3, -0.25) is 4.79 Å². The van der Waals surface area contributed by atoms with Crippen molar-refractivity contribution in [3.8, 4) is 0 Å². The van der Waals surface area contributed by atoms with Crippen LogP contribution in [0.4, 0.5) is 0 Å². The van der Waals surface area contributed by atoms with Gasteiger partial charge >= 0.3 is 0 Å². The summed E-state index contributed by atoms with van der Waals surface area (Å²) in [4.78, 5) is 13.0. The molecule has 126 valence electrons. The summed E-state index contributed by atoms with van der Waals surface area (Å²) in [6.45, 7) is 2.88. The average molecular weight is 349 g/mol. The molecule has 22 heavy (non-hydrogen) atoms. The van der Waals surface area contributed by atoms with Gasteiger partial charge in [0.25, 0.3) is 0 Å². The van der Waals surface area contributed by atoms with Gasteiger partial charge in [0.15, 0.2) is 0 Å². The molecule has 0 spiro atoms. The molecule has 0 saturated carbocycles. The summed E-state index contributed by atoms with van der Waals surface area (Å²) in [5, 5.41) is 2.88. The first-order valence-corrected chi connectivity index (χ1v) is 7.83. The zero-order chi connectivity index (χ0) is 15.7. The number of hydrogen-bond acceptors (Lipinski definition) is 5. The van der Waals surface area contributed by atoms with Gasteiger partial charge in [0.2, 0.25) is 5.91 Å². The Hall–Kier alpha value is -0.790. The lowest BCUT2D eigenvalue weighted by Crippen LogP contribution is -2.44. The molecule has 0 aromatic heterocycles. The number of ether oxygens (including phenoxy) is 2. The Morgan fingerprint density at radius 1 is 1.27 bits per heavy atom. The number of amides is 1. The standard InChI is InChI=1S/C15H24N2O3S.ClH/c1-11(17-15(18)14(16)10-20-3)12-4-6-13(7-5-12)21-9-8-19-2;/h4-7,11,14H,8-10,16H2,1-3H3,(H,17,18);1H. The van der Waals surface area contributed by atoms with Crippen LogP contribution in [-0.2, 0) is 14.3 Å². The number of thioether (sulfide) groups is 1. The second kappa shape index (κ2) is 11.7. The number of benzene rings is 1. The highest BCUT2D eigenvalue weighted by molar-refractivity contribution is 7.99. The number of rotatable bonds is 9. The molecule has 0 aliphatic carbocycles. The number of halogens is 1. The summed E-state index contributed by atoms with van der Waals surface area (Å²) in [5.74, 6) is 0.719. The fourth-order valence-electron chi connectivity index (χ4n) is 1.75. The predicted molar refractivity (Wildman–Crippen MR) is 92.7 cm³/mol. The highest BCUT2D eigenvalue weighted by Gasteiger charge is 2.16. The predicted octanol–water partition coefficient (Wildman–Crippen LogP) is 2.00. The Labute approximate surface area is 142 Å². The lowest BCUT2D eigenvalue weighted by Gasteiger charge is -2.17. The van der Waals surface area contributed by atoms with E-state index in [4.69, 9.17) is 15.2 Å². The molecule has 2 atom stereocenters. The van der Waals surface area contributed by atoms with E-state index in [9.17, 15) is 4.79 Å². The fraction of sp³-hybridized carbons (Fsp3) is 0.533. The van der Waals surface area contributed by atoms with Gasteiger partial charge in [0.1, 0.15) is 6.04 Å². The van der Waals surface area contributed by atoms with Crippen LogP contribution in [0.5, 0.6) is 0 Å². The van der Waals surface area contributed by atoms with Crippen molar-refractivity contribution in [1.82, 2.24) is 5.32 Å². The van der Waals surface area contributed by atoms with E-state index < -0.39 is 6.04 Å². The first kappa shape index (κ1) is 21.2. The van der Waals surface area contributed by atoms with Crippen LogP contribution in [0.15, 0.2) is 29.2 Å². The largest absolute Gasteiger partial charge is 0.384 e. The van der Waals surface area contributed by atoms with E-state index in [0.29, 0.717) is 0 Å². The van der Waals surface area contributed by atoms with Crippen molar-refractivity contribution in [2.75, 3.05) is 33.2 Å². The van der Waals surface area contributed by atoms with Gasteiger partial charge in [0, 0.05) is 24.9 Å². The molecule has 1 rings (SSSR count). The highest BCUT2D eigenvalue weighted by atomic mass is 35.5. The molecule has 0 heterocycles. The molecular weight excluding hydrogens is 324 g/mol. The Kier molecular flexibility index (Phi) is 11.3. The number of hydrogen-bond donors (Lipinski definition) is 2. The molecule has 0 bridgehead atoms.